The van der Waals surface area contributed by atoms with E-state index in [0.717, 1.165) is 42.6 Å². The van der Waals surface area contributed by atoms with Crippen LogP contribution in [-0.2, 0) is 27.5 Å². The molecule has 9 nitrogen and oxygen atoms in total. The fourth-order valence-electron chi connectivity index (χ4n) is 6.31. The van der Waals surface area contributed by atoms with E-state index in [2.05, 4.69) is 16.3 Å². The van der Waals surface area contributed by atoms with Gasteiger partial charge in [-0.25, -0.2) is 4.79 Å². The fourth-order valence-corrected chi connectivity index (χ4v) is 6.31. The third-order valence-electron chi connectivity index (χ3n) is 8.48. The highest BCUT2D eigenvalue weighted by molar-refractivity contribution is 6.06. The maximum absolute atomic E-state index is 13.2. The number of fused-ring (bicyclic) bond motifs is 1. The van der Waals surface area contributed by atoms with E-state index in [1.54, 1.807) is 9.80 Å². The molecule has 2 aromatic rings. The van der Waals surface area contributed by atoms with Crippen molar-refractivity contribution in [2.45, 2.75) is 57.3 Å². The van der Waals surface area contributed by atoms with Gasteiger partial charge in [0.1, 0.15) is 12.6 Å². The van der Waals surface area contributed by atoms with Crippen molar-refractivity contribution in [3.05, 3.63) is 65.2 Å². The molecule has 0 saturated carbocycles. The molecule has 0 unspecified atom stereocenters. The highest BCUT2D eigenvalue weighted by Crippen LogP contribution is 2.41. The van der Waals surface area contributed by atoms with Crippen LogP contribution in [0.4, 0.5) is 10.5 Å². The zero-order valence-corrected chi connectivity index (χ0v) is 21.3. The first kappa shape index (κ1) is 24.5. The second-order valence-corrected chi connectivity index (χ2v) is 10.6. The zero-order valence-electron chi connectivity index (χ0n) is 21.3. The average molecular weight is 517 g/mol. The Balaban J connectivity index is 1.08. The van der Waals surface area contributed by atoms with Gasteiger partial charge in [0.25, 0.3) is 5.91 Å². The Hall–Kier alpha value is -3.88. The van der Waals surface area contributed by atoms with Crippen molar-refractivity contribution in [2.75, 3.05) is 24.5 Å². The van der Waals surface area contributed by atoms with Crippen LogP contribution in [0.2, 0.25) is 0 Å². The van der Waals surface area contributed by atoms with Gasteiger partial charge in [-0.2, -0.15) is 0 Å². The van der Waals surface area contributed by atoms with Crippen LogP contribution in [-0.4, -0.2) is 65.3 Å². The number of ether oxygens (including phenoxy) is 1. The van der Waals surface area contributed by atoms with E-state index in [1.807, 2.05) is 42.5 Å². The summed E-state index contributed by atoms with van der Waals surface area (Å²) < 4.78 is 5.52. The lowest BCUT2D eigenvalue weighted by molar-refractivity contribution is -0.136. The SMILES string of the molecule is O=C1CC[C@H](N2Cc3c(cccc3N3CC[C@@H]3C3CCN(C(=O)OCc4ccccc4)CC3)C2=O)C(=O)N1. The van der Waals surface area contributed by atoms with E-state index in [1.165, 1.54) is 0 Å². The summed E-state index contributed by atoms with van der Waals surface area (Å²) >= 11 is 0. The van der Waals surface area contributed by atoms with Gasteiger partial charge in [0.05, 0.1) is 0 Å². The van der Waals surface area contributed by atoms with Crippen molar-refractivity contribution >= 4 is 29.5 Å². The number of piperidine rings is 2. The zero-order chi connectivity index (χ0) is 26.2. The minimum absolute atomic E-state index is 0.143. The molecule has 4 heterocycles. The van der Waals surface area contributed by atoms with Gasteiger partial charge < -0.3 is 19.4 Å². The van der Waals surface area contributed by atoms with Crippen LogP contribution in [0.3, 0.4) is 0 Å². The summed E-state index contributed by atoms with van der Waals surface area (Å²) in [4.78, 5) is 55.7. The van der Waals surface area contributed by atoms with Gasteiger partial charge in [-0.1, -0.05) is 36.4 Å². The number of hydrogen-bond acceptors (Lipinski definition) is 6. The smallest absolute Gasteiger partial charge is 0.410 e. The maximum atomic E-state index is 13.2. The number of nitrogens with one attached hydrogen (secondary N) is 1. The third-order valence-corrected chi connectivity index (χ3v) is 8.48. The Morgan fingerprint density at radius 1 is 0.895 bits per heavy atom. The summed E-state index contributed by atoms with van der Waals surface area (Å²) in [6.07, 6.45) is 3.26. The molecule has 4 amide bonds. The van der Waals surface area contributed by atoms with E-state index in [9.17, 15) is 19.2 Å². The molecule has 9 heteroatoms. The molecule has 4 aliphatic heterocycles. The summed E-state index contributed by atoms with van der Waals surface area (Å²) in [5.41, 5.74) is 3.65. The number of benzene rings is 2. The van der Waals surface area contributed by atoms with Gasteiger partial charge in [-0.3, -0.25) is 19.7 Å². The first-order valence-corrected chi connectivity index (χ1v) is 13.5. The van der Waals surface area contributed by atoms with Crippen LogP contribution in [0.5, 0.6) is 0 Å². The molecule has 0 radical (unpaired) electrons. The van der Waals surface area contributed by atoms with E-state index in [0.29, 0.717) is 43.6 Å². The number of carbonyl (C=O) groups is 4. The molecular weight excluding hydrogens is 484 g/mol. The van der Waals surface area contributed by atoms with Crippen molar-refractivity contribution in [1.82, 2.24) is 15.1 Å². The number of nitrogens with zero attached hydrogens (tertiary/aromatic N) is 3. The molecule has 0 aromatic heterocycles. The first-order chi connectivity index (χ1) is 18.5. The minimum atomic E-state index is -0.612. The summed E-state index contributed by atoms with van der Waals surface area (Å²) in [6.45, 7) is 2.94. The van der Waals surface area contributed by atoms with E-state index in [4.69, 9.17) is 4.74 Å². The Labute approximate surface area is 221 Å². The molecule has 0 spiro atoms. The van der Waals surface area contributed by atoms with Crippen LogP contribution >= 0.6 is 0 Å². The van der Waals surface area contributed by atoms with Gasteiger partial charge in [-0.05, 0) is 49.3 Å². The summed E-state index contributed by atoms with van der Waals surface area (Å²) in [5.74, 6) is -0.355. The molecule has 0 bridgehead atoms. The highest BCUT2D eigenvalue weighted by Gasteiger charge is 2.43. The van der Waals surface area contributed by atoms with Crippen molar-refractivity contribution in [2.24, 2.45) is 5.92 Å². The monoisotopic (exact) mass is 516 g/mol. The average Bonchev–Trinajstić information content (AvgIpc) is 3.24. The predicted molar refractivity (Wildman–Crippen MR) is 139 cm³/mol. The van der Waals surface area contributed by atoms with Gasteiger partial charge in [0.2, 0.25) is 11.8 Å². The summed E-state index contributed by atoms with van der Waals surface area (Å²) in [5, 5.41) is 2.37. The molecule has 1 N–H and O–H groups in total. The molecular formula is C29H32N4O5. The minimum Gasteiger partial charge on any atom is -0.445 e. The van der Waals surface area contributed by atoms with E-state index >= 15 is 0 Å². The largest absolute Gasteiger partial charge is 0.445 e. The molecule has 0 aliphatic carbocycles. The van der Waals surface area contributed by atoms with E-state index < -0.39 is 6.04 Å². The molecule has 38 heavy (non-hydrogen) atoms. The van der Waals surface area contributed by atoms with Crippen LogP contribution in [0.15, 0.2) is 48.5 Å². The van der Waals surface area contributed by atoms with Crippen LogP contribution in [0.25, 0.3) is 0 Å². The van der Waals surface area contributed by atoms with Gasteiger partial charge in [-0.15, -0.1) is 0 Å². The second-order valence-electron chi connectivity index (χ2n) is 10.6. The number of amides is 4. The van der Waals surface area contributed by atoms with Gasteiger partial charge >= 0.3 is 6.09 Å². The maximum Gasteiger partial charge on any atom is 0.410 e. The lowest BCUT2D eigenvalue weighted by Gasteiger charge is -2.49. The highest BCUT2D eigenvalue weighted by atomic mass is 16.6. The summed E-state index contributed by atoms with van der Waals surface area (Å²) in [7, 11) is 0. The van der Waals surface area contributed by atoms with Crippen LogP contribution < -0.4 is 10.2 Å². The topological polar surface area (TPSA) is 99.3 Å². The molecule has 3 saturated heterocycles. The molecule has 4 aliphatic rings. The van der Waals surface area contributed by atoms with Crippen molar-refractivity contribution < 1.29 is 23.9 Å². The number of anilines is 1. The number of likely N-dealkylation sites (tertiary alicyclic amines) is 1. The Kier molecular flexibility index (Phi) is 6.51. The molecule has 2 atom stereocenters. The molecule has 6 rings (SSSR count). The molecule has 198 valence electrons. The Bertz CT molecular complexity index is 1260. The number of hydrogen-bond donors (Lipinski definition) is 1. The van der Waals surface area contributed by atoms with Crippen molar-refractivity contribution in [1.29, 1.82) is 0 Å². The standard InChI is InChI=1S/C29H32N4O5/c34-26-10-9-25(27(35)30-26)33-17-22-21(28(33)36)7-4-8-24(22)32-16-13-23(32)20-11-14-31(15-12-20)29(37)38-18-19-5-2-1-3-6-19/h1-8,20,23,25H,9-18H2,(H,30,34,35)/t23-,25+/m1/s1. The van der Waals surface area contributed by atoms with Crippen LogP contribution in [0, 0.1) is 5.92 Å². The van der Waals surface area contributed by atoms with Crippen LogP contribution in [0.1, 0.15) is 53.6 Å². The quantitative estimate of drug-likeness (QED) is 0.614. The number of carbonyl (C=O) groups excluding carboxylic acids is 4. The first-order valence-electron chi connectivity index (χ1n) is 13.5. The Morgan fingerprint density at radius 2 is 1.68 bits per heavy atom. The number of rotatable bonds is 5. The van der Waals surface area contributed by atoms with Gasteiger partial charge in [0.15, 0.2) is 0 Å². The van der Waals surface area contributed by atoms with E-state index in [-0.39, 0.29) is 36.8 Å². The van der Waals surface area contributed by atoms with Crippen molar-refractivity contribution in [3.8, 4) is 0 Å². The molecule has 2 aromatic carbocycles. The summed E-state index contributed by atoms with van der Waals surface area (Å²) in [6, 6.07) is 15.3. The predicted octanol–water partition coefficient (Wildman–Crippen LogP) is 3.08. The normalized spacial score (nSPS) is 23.7. The molecule has 3 fully saturated rings. The lowest BCUT2D eigenvalue weighted by Crippen LogP contribution is -2.55. The van der Waals surface area contributed by atoms with Gasteiger partial charge in [0, 0.05) is 55.5 Å². The Morgan fingerprint density at radius 3 is 2.39 bits per heavy atom. The lowest BCUT2D eigenvalue weighted by atomic mass is 9.81. The third kappa shape index (κ3) is 4.50. The fraction of sp³-hybridized carbons (Fsp3) is 0.448. The second kappa shape index (κ2) is 10.1. The van der Waals surface area contributed by atoms with Crippen molar-refractivity contribution in [3.63, 3.8) is 0 Å². The number of imide groups is 1.